The fraction of sp³-hybridized carbons (Fsp3) is 0.900. The van der Waals surface area contributed by atoms with E-state index in [0.29, 0.717) is 0 Å². The lowest BCUT2D eigenvalue weighted by Gasteiger charge is -2.27. The van der Waals surface area contributed by atoms with E-state index in [1.165, 1.54) is 0 Å². The highest BCUT2D eigenvalue weighted by Crippen LogP contribution is 2.39. The van der Waals surface area contributed by atoms with Gasteiger partial charge in [0.2, 0.25) is 0 Å². The summed E-state index contributed by atoms with van der Waals surface area (Å²) in [6.07, 6.45) is -3.93. The van der Waals surface area contributed by atoms with Crippen molar-refractivity contribution in [1.82, 2.24) is 0 Å². The third-order valence-corrected chi connectivity index (χ3v) is 2.54. The Bertz CT molecular complexity index is 193. The van der Waals surface area contributed by atoms with Crippen molar-refractivity contribution in [3.05, 3.63) is 0 Å². The molecule has 2 nitrogen and oxygen atoms in total. The Hall–Kier alpha value is -0.740. The Morgan fingerprint density at radius 1 is 1.13 bits per heavy atom. The van der Waals surface area contributed by atoms with Crippen LogP contribution in [0.2, 0.25) is 0 Å². The van der Waals surface area contributed by atoms with Crippen LogP contribution in [0, 0.1) is 11.8 Å². The summed E-state index contributed by atoms with van der Waals surface area (Å²) < 4.78 is 36.4. The number of halogens is 3. The summed E-state index contributed by atoms with van der Waals surface area (Å²) in [5, 5.41) is 8.55. The smallest absolute Gasteiger partial charge is 0.391 e. The normalized spacial score (nSPS) is 26.5. The maximum absolute atomic E-state index is 12.1. The molecule has 1 N–H and O–H groups in total. The molecule has 0 bridgehead atoms. The summed E-state index contributed by atoms with van der Waals surface area (Å²) in [5.41, 5.74) is 0. The Labute approximate surface area is 87.5 Å². The molecule has 1 rings (SSSR count). The van der Waals surface area contributed by atoms with E-state index < -0.39 is 24.0 Å². The minimum absolute atomic E-state index is 0.0412. The Kier molecular flexibility index (Phi) is 5.68. The van der Waals surface area contributed by atoms with Crippen molar-refractivity contribution in [2.45, 2.75) is 45.7 Å². The second kappa shape index (κ2) is 5.98. The summed E-state index contributed by atoms with van der Waals surface area (Å²) in [5.74, 6) is -2.83. The van der Waals surface area contributed by atoms with Crippen molar-refractivity contribution in [2.24, 2.45) is 11.8 Å². The van der Waals surface area contributed by atoms with E-state index in [1.807, 2.05) is 13.8 Å². The molecule has 0 aromatic heterocycles. The van der Waals surface area contributed by atoms with Gasteiger partial charge in [0.05, 0.1) is 11.8 Å². The number of hydrogen-bond donors (Lipinski definition) is 1. The first-order valence-corrected chi connectivity index (χ1v) is 5.21. The predicted molar refractivity (Wildman–Crippen MR) is 50.5 cm³/mol. The minimum atomic E-state index is -4.15. The molecule has 0 aromatic rings. The molecule has 0 unspecified atom stereocenters. The molecule has 0 radical (unpaired) electrons. The van der Waals surface area contributed by atoms with Gasteiger partial charge in [-0.15, -0.1) is 0 Å². The first-order valence-electron chi connectivity index (χ1n) is 5.21. The van der Waals surface area contributed by atoms with Crippen LogP contribution in [0.4, 0.5) is 13.2 Å². The number of rotatable bonds is 1. The first-order chi connectivity index (χ1) is 6.91. The molecule has 0 atom stereocenters. The molecular formula is C10H17F3O2. The average Bonchev–Trinajstić information content (AvgIpc) is 2.20. The summed E-state index contributed by atoms with van der Waals surface area (Å²) in [4.78, 5) is 10.4. The van der Waals surface area contributed by atoms with Crippen LogP contribution >= 0.6 is 0 Å². The van der Waals surface area contributed by atoms with Gasteiger partial charge in [-0.25, -0.2) is 0 Å². The monoisotopic (exact) mass is 226 g/mol. The van der Waals surface area contributed by atoms with Gasteiger partial charge in [-0.05, 0) is 25.7 Å². The average molecular weight is 226 g/mol. The maximum atomic E-state index is 12.1. The summed E-state index contributed by atoms with van der Waals surface area (Å²) in [7, 11) is 0. The van der Waals surface area contributed by atoms with Crippen LogP contribution < -0.4 is 0 Å². The van der Waals surface area contributed by atoms with Crippen LogP contribution in [-0.2, 0) is 4.79 Å². The molecule has 1 aliphatic carbocycles. The SMILES string of the molecule is CC.O=C(O)C1CCC(C(F)(F)F)CC1. The molecule has 15 heavy (non-hydrogen) atoms. The number of aliphatic carboxylic acids is 1. The molecular weight excluding hydrogens is 209 g/mol. The Morgan fingerprint density at radius 3 is 1.80 bits per heavy atom. The topological polar surface area (TPSA) is 37.3 Å². The van der Waals surface area contributed by atoms with E-state index in [4.69, 9.17) is 5.11 Å². The van der Waals surface area contributed by atoms with Gasteiger partial charge in [0.1, 0.15) is 0 Å². The highest BCUT2D eigenvalue weighted by atomic mass is 19.4. The zero-order chi connectivity index (χ0) is 12.1. The lowest BCUT2D eigenvalue weighted by molar-refractivity contribution is -0.186. The van der Waals surface area contributed by atoms with Crippen molar-refractivity contribution in [3.63, 3.8) is 0 Å². The Balaban J connectivity index is 0.000000921. The number of hydrogen-bond acceptors (Lipinski definition) is 1. The van der Waals surface area contributed by atoms with Crippen LogP contribution in [0.25, 0.3) is 0 Å². The predicted octanol–water partition coefficient (Wildman–Crippen LogP) is 3.47. The van der Waals surface area contributed by atoms with Crippen molar-refractivity contribution in [3.8, 4) is 0 Å². The van der Waals surface area contributed by atoms with E-state index >= 15 is 0 Å². The number of alkyl halides is 3. The fourth-order valence-corrected chi connectivity index (χ4v) is 1.67. The molecule has 0 aromatic carbocycles. The quantitative estimate of drug-likeness (QED) is 0.743. The van der Waals surface area contributed by atoms with E-state index in [9.17, 15) is 18.0 Å². The van der Waals surface area contributed by atoms with Gasteiger partial charge in [-0.3, -0.25) is 4.79 Å². The Morgan fingerprint density at radius 2 is 1.53 bits per heavy atom. The summed E-state index contributed by atoms with van der Waals surface area (Å²) in [6, 6.07) is 0. The lowest BCUT2D eigenvalue weighted by Crippen LogP contribution is -2.30. The number of carbonyl (C=O) groups is 1. The van der Waals surface area contributed by atoms with E-state index in [2.05, 4.69) is 0 Å². The molecule has 0 spiro atoms. The van der Waals surface area contributed by atoms with Gasteiger partial charge >= 0.3 is 12.1 Å². The summed E-state index contributed by atoms with van der Waals surface area (Å²) >= 11 is 0. The van der Waals surface area contributed by atoms with Crippen molar-refractivity contribution < 1.29 is 23.1 Å². The number of carboxylic acids is 1. The van der Waals surface area contributed by atoms with Gasteiger partial charge in [-0.2, -0.15) is 13.2 Å². The van der Waals surface area contributed by atoms with Crippen LogP contribution in [-0.4, -0.2) is 17.3 Å². The molecule has 5 heteroatoms. The highest BCUT2D eigenvalue weighted by Gasteiger charge is 2.42. The van der Waals surface area contributed by atoms with Gasteiger partial charge in [0.25, 0.3) is 0 Å². The molecule has 0 aliphatic heterocycles. The van der Waals surface area contributed by atoms with Crippen molar-refractivity contribution in [1.29, 1.82) is 0 Å². The van der Waals surface area contributed by atoms with Crippen LogP contribution in [0.5, 0.6) is 0 Å². The molecule has 0 saturated heterocycles. The molecule has 1 fully saturated rings. The molecule has 1 saturated carbocycles. The van der Waals surface area contributed by atoms with Crippen molar-refractivity contribution in [2.75, 3.05) is 0 Å². The van der Waals surface area contributed by atoms with Gasteiger partial charge in [0.15, 0.2) is 0 Å². The lowest BCUT2D eigenvalue weighted by atomic mass is 9.82. The van der Waals surface area contributed by atoms with Crippen LogP contribution in [0.15, 0.2) is 0 Å². The second-order valence-corrected chi connectivity index (χ2v) is 3.43. The van der Waals surface area contributed by atoms with E-state index in [1.54, 1.807) is 0 Å². The third kappa shape index (κ3) is 4.53. The zero-order valence-electron chi connectivity index (χ0n) is 8.97. The van der Waals surface area contributed by atoms with Crippen LogP contribution in [0.1, 0.15) is 39.5 Å². The fourth-order valence-electron chi connectivity index (χ4n) is 1.67. The highest BCUT2D eigenvalue weighted by molar-refractivity contribution is 5.69. The summed E-state index contributed by atoms with van der Waals surface area (Å²) in [6.45, 7) is 4.00. The van der Waals surface area contributed by atoms with Crippen LogP contribution in [0.3, 0.4) is 0 Å². The zero-order valence-corrected chi connectivity index (χ0v) is 8.97. The standard InChI is InChI=1S/C8H11F3O2.C2H6/c9-8(10,11)6-3-1-5(2-4-6)7(12)13;1-2/h5-6H,1-4H2,(H,12,13);1-2H3. The van der Waals surface area contributed by atoms with Gasteiger partial charge < -0.3 is 5.11 Å². The number of carboxylic acid groups (broad SMARTS) is 1. The minimum Gasteiger partial charge on any atom is -0.481 e. The molecule has 0 amide bonds. The second-order valence-electron chi connectivity index (χ2n) is 3.43. The largest absolute Gasteiger partial charge is 0.481 e. The molecule has 0 heterocycles. The molecule has 90 valence electrons. The van der Waals surface area contributed by atoms with E-state index in [-0.39, 0.29) is 25.7 Å². The maximum Gasteiger partial charge on any atom is 0.391 e. The van der Waals surface area contributed by atoms with E-state index in [0.717, 1.165) is 0 Å². The van der Waals surface area contributed by atoms with Gasteiger partial charge in [-0.1, -0.05) is 13.8 Å². The first kappa shape index (κ1) is 14.3. The molecule has 1 aliphatic rings. The third-order valence-electron chi connectivity index (χ3n) is 2.54. The van der Waals surface area contributed by atoms with Crippen molar-refractivity contribution >= 4 is 5.97 Å². The van der Waals surface area contributed by atoms with Gasteiger partial charge in [0, 0.05) is 0 Å².